The van der Waals surface area contributed by atoms with Crippen LogP contribution in [0.4, 0.5) is 5.69 Å². The molecule has 0 bridgehead atoms. The van der Waals surface area contributed by atoms with Gasteiger partial charge in [0.2, 0.25) is 0 Å². The molecule has 0 spiro atoms. The van der Waals surface area contributed by atoms with E-state index in [0.717, 1.165) is 5.69 Å². The third kappa shape index (κ3) is 3.21. The molecule has 0 fully saturated rings. The average Bonchev–Trinajstić information content (AvgIpc) is 2.32. The number of aryl methyl sites for hydroxylation is 1. The van der Waals surface area contributed by atoms with E-state index in [4.69, 9.17) is 11.6 Å². The van der Waals surface area contributed by atoms with Gasteiger partial charge in [0.25, 0.3) is 0 Å². The fraction of sp³-hybridized carbons (Fsp3) is 0.214. The van der Waals surface area contributed by atoms with Crippen molar-refractivity contribution in [3.05, 3.63) is 58.9 Å². The number of halogens is 1. The summed E-state index contributed by atoms with van der Waals surface area (Å²) >= 11 is 5.75. The molecule has 3 heteroatoms. The molecular formula is C14H15ClN2. The molecule has 2 nitrogen and oxygen atoms in total. The molecule has 2 aromatic rings. The minimum Gasteiger partial charge on any atom is -0.377 e. The molecular weight excluding hydrogens is 232 g/mol. The van der Waals surface area contributed by atoms with Gasteiger partial charge in [-0.15, -0.1) is 0 Å². The van der Waals surface area contributed by atoms with E-state index < -0.39 is 0 Å². The van der Waals surface area contributed by atoms with E-state index >= 15 is 0 Å². The molecule has 1 unspecified atom stereocenters. The minimum absolute atomic E-state index is 0.248. The van der Waals surface area contributed by atoms with E-state index in [2.05, 4.69) is 48.4 Å². The first kappa shape index (κ1) is 11.9. The van der Waals surface area contributed by atoms with Crippen LogP contribution in [0.3, 0.4) is 0 Å². The SMILES string of the molecule is Cc1cccc(C(C)Nc2ccc(Cl)nc2)c1. The Hall–Kier alpha value is -1.54. The first-order chi connectivity index (χ1) is 8.15. The van der Waals surface area contributed by atoms with Crippen LogP contribution in [-0.4, -0.2) is 4.98 Å². The van der Waals surface area contributed by atoms with Crippen LogP contribution in [0.5, 0.6) is 0 Å². The van der Waals surface area contributed by atoms with Gasteiger partial charge >= 0.3 is 0 Å². The topological polar surface area (TPSA) is 24.9 Å². The van der Waals surface area contributed by atoms with Crippen molar-refractivity contribution in [1.82, 2.24) is 4.98 Å². The van der Waals surface area contributed by atoms with Crippen molar-refractivity contribution < 1.29 is 0 Å². The first-order valence-corrected chi connectivity index (χ1v) is 5.97. The van der Waals surface area contributed by atoms with Gasteiger partial charge in [0.1, 0.15) is 5.15 Å². The van der Waals surface area contributed by atoms with Gasteiger partial charge in [0.15, 0.2) is 0 Å². The van der Waals surface area contributed by atoms with Crippen molar-refractivity contribution in [3.63, 3.8) is 0 Å². The molecule has 88 valence electrons. The Morgan fingerprint density at radius 1 is 1.24 bits per heavy atom. The maximum Gasteiger partial charge on any atom is 0.129 e. The highest BCUT2D eigenvalue weighted by Crippen LogP contribution is 2.20. The van der Waals surface area contributed by atoms with Crippen LogP contribution in [-0.2, 0) is 0 Å². The predicted octanol–water partition coefficient (Wildman–Crippen LogP) is 4.22. The van der Waals surface area contributed by atoms with Crippen molar-refractivity contribution >= 4 is 17.3 Å². The monoisotopic (exact) mass is 246 g/mol. The summed E-state index contributed by atoms with van der Waals surface area (Å²) in [5, 5.41) is 3.90. The Balaban J connectivity index is 2.11. The van der Waals surface area contributed by atoms with Crippen molar-refractivity contribution in [3.8, 4) is 0 Å². The number of benzene rings is 1. The summed E-state index contributed by atoms with van der Waals surface area (Å²) in [4.78, 5) is 4.05. The van der Waals surface area contributed by atoms with Gasteiger partial charge in [-0.1, -0.05) is 41.4 Å². The molecule has 17 heavy (non-hydrogen) atoms. The molecule has 2 rings (SSSR count). The summed E-state index contributed by atoms with van der Waals surface area (Å²) < 4.78 is 0. The second-order valence-electron chi connectivity index (χ2n) is 4.15. The highest BCUT2D eigenvalue weighted by Gasteiger charge is 2.05. The highest BCUT2D eigenvalue weighted by atomic mass is 35.5. The summed E-state index contributed by atoms with van der Waals surface area (Å²) in [7, 11) is 0. The van der Waals surface area contributed by atoms with Crippen LogP contribution in [0, 0.1) is 6.92 Å². The van der Waals surface area contributed by atoms with Crippen molar-refractivity contribution in [1.29, 1.82) is 0 Å². The lowest BCUT2D eigenvalue weighted by Gasteiger charge is -2.15. The van der Waals surface area contributed by atoms with Gasteiger partial charge in [-0.2, -0.15) is 0 Å². The zero-order valence-corrected chi connectivity index (χ0v) is 10.7. The summed E-state index contributed by atoms with van der Waals surface area (Å²) in [6.45, 7) is 4.23. The Labute approximate surface area is 107 Å². The minimum atomic E-state index is 0.248. The second-order valence-corrected chi connectivity index (χ2v) is 4.54. The van der Waals surface area contributed by atoms with Gasteiger partial charge < -0.3 is 5.32 Å². The van der Waals surface area contributed by atoms with E-state index in [0.29, 0.717) is 5.15 Å². The van der Waals surface area contributed by atoms with Crippen molar-refractivity contribution in [2.45, 2.75) is 19.9 Å². The van der Waals surface area contributed by atoms with Crippen molar-refractivity contribution in [2.75, 3.05) is 5.32 Å². The third-order valence-corrected chi connectivity index (χ3v) is 2.88. The largest absolute Gasteiger partial charge is 0.377 e. The first-order valence-electron chi connectivity index (χ1n) is 5.60. The predicted molar refractivity (Wildman–Crippen MR) is 72.5 cm³/mol. The van der Waals surface area contributed by atoms with Gasteiger partial charge in [0, 0.05) is 6.04 Å². The molecule has 0 aliphatic carbocycles. The zero-order valence-electron chi connectivity index (χ0n) is 9.94. The summed E-state index contributed by atoms with van der Waals surface area (Å²) in [5.41, 5.74) is 3.51. The second kappa shape index (κ2) is 5.19. The Morgan fingerprint density at radius 2 is 2.06 bits per heavy atom. The smallest absolute Gasteiger partial charge is 0.129 e. The number of aromatic nitrogens is 1. The lowest BCUT2D eigenvalue weighted by atomic mass is 10.1. The maximum atomic E-state index is 5.75. The normalized spacial score (nSPS) is 12.2. The molecule has 1 aromatic heterocycles. The zero-order chi connectivity index (χ0) is 12.3. The average molecular weight is 247 g/mol. The summed E-state index contributed by atoms with van der Waals surface area (Å²) in [6.07, 6.45) is 1.74. The van der Waals surface area contributed by atoms with Crippen LogP contribution in [0.1, 0.15) is 24.1 Å². The van der Waals surface area contributed by atoms with Gasteiger partial charge in [-0.3, -0.25) is 0 Å². The van der Waals surface area contributed by atoms with Gasteiger partial charge in [0.05, 0.1) is 11.9 Å². The fourth-order valence-electron chi connectivity index (χ4n) is 1.73. The number of hydrogen-bond donors (Lipinski definition) is 1. The number of nitrogens with one attached hydrogen (secondary N) is 1. The molecule has 0 saturated heterocycles. The van der Waals surface area contributed by atoms with Crippen LogP contribution in [0.2, 0.25) is 5.15 Å². The van der Waals surface area contributed by atoms with E-state index in [1.807, 2.05) is 6.07 Å². The summed E-state index contributed by atoms with van der Waals surface area (Å²) in [6, 6.07) is 12.4. The van der Waals surface area contributed by atoms with E-state index in [1.165, 1.54) is 11.1 Å². The molecule has 1 N–H and O–H groups in total. The Kier molecular flexibility index (Phi) is 3.64. The third-order valence-electron chi connectivity index (χ3n) is 2.65. The molecule has 0 aliphatic rings. The molecule has 0 amide bonds. The molecule has 0 aliphatic heterocycles. The van der Waals surface area contributed by atoms with Crippen LogP contribution in [0.15, 0.2) is 42.6 Å². The summed E-state index contributed by atoms with van der Waals surface area (Å²) in [5.74, 6) is 0. The number of rotatable bonds is 3. The quantitative estimate of drug-likeness (QED) is 0.821. The van der Waals surface area contributed by atoms with E-state index in [1.54, 1.807) is 12.3 Å². The van der Waals surface area contributed by atoms with E-state index in [9.17, 15) is 0 Å². The molecule has 1 atom stereocenters. The number of nitrogens with zero attached hydrogens (tertiary/aromatic N) is 1. The maximum absolute atomic E-state index is 5.75. The Bertz CT molecular complexity index is 494. The van der Waals surface area contributed by atoms with Crippen LogP contribution >= 0.6 is 11.6 Å². The molecule has 1 heterocycles. The number of anilines is 1. The lowest BCUT2D eigenvalue weighted by molar-refractivity contribution is 0.881. The molecule has 0 radical (unpaired) electrons. The number of pyridine rings is 1. The number of hydrogen-bond acceptors (Lipinski definition) is 2. The van der Waals surface area contributed by atoms with E-state index in [-0.39, 0.29) is 6.04 Å². The standard InChI is InChI=1S/C14H15ClN2/c1-10-4-3-5-12(8-10)11(2)17-13-6-7-14(15)16-9-13/h3-9,11,17H,1-2H3. The van der Waals surface area contributed by atoms with Crippen molar-refractivity contribution in [2.24, 2.45) is 0 Å². The molecule has 0 saturated carbocycles. The van der Waals surface area contributed by atoms with Crippen LogP contribution < -0.4 is 5.32 Å². The van der Waals surface area contributed by atoms with Crippen LogP contribution in [0.25, 0.3) is 0 Å². The highest BCUT2D eigenvalue weighted by molar-refractivity contribution is 6.29. The van der Waals surface area contributed by atoms with Gasteiger partial charge in [-0.25, -0.2) is 4.98 Å². The fourth-order valence-corrected chi connectivity index (χ4v) is 1.85. The Morgan fingerprint density at radius 3 is 2.71 bits per heavy atom. The lowest BCUT2D eigenvalue weighted by Crippen LogP contribution is -2.06. The molecule has 1 aromatic carbocycles. The van der Waals surface area contributed by atoms with Gasteiger partial charge in [-0.05, 0) is 31.5 Å².